The predicted molar refractivity (Wildman–Crippen MR) is 96.9 cm³/mol. The number of ether oxygens (including phenoxy) is 1. The zero-order valence-corrected chi connectivity index (χ0v) is 15.3. The fraction of sp³-hybridized carbons (Fsp3) is 0.474. The third-order valence-electron chi connectivity index (χ3n) is 4.40. The minimum absolute atomic E-state index is 0.127. The van der Waals surface area contributed by atoms with E-state index >= 15 is 0 Å². The second kappa shape index (κ2) is 8.67. The molecule has 1 unspecified atom stereocenters. The average molecular weight is 345 g/mol. The first-order chi connectivity index (χ1) is 12.0. The lowest BCUT2D eigenvalue weighted by molar-refractivity contribution is 0.0910. The summed E-state index contributed by atoms with van der Waals surface area (Å²) in [4.78, 5) is 12.3. The zero-order valence-electron chi connectivity index (χ0n) is 15.3. The Morgan fingerprint density at radius 3 is 2.48 bits per heavy atom. The molecule has 0 aliphatic carbocycles. The van der Waals surface area contributed by atoms with Gasteiger partial charge in [-0.2, -0.15) is 5.10 Å². The highest BCUT2D eigenvalue weighted by atomic mass is 16.5. The summed E-state index contributed by atoms with van der Waals surface area (Å²) in [5, 5.41) is 17.4. The third-order valence-corrected chi connectivity index (χ3v) is 4.40. The number of aryl methyl sites for hydroxylation is 1. The van der Waals surface area contributed by atoms with Crippen molar-refractivity contribution >= 4 is 5.91 Å². The number of aromatic nitrogens is 2. The highest BCUT2D eigenvalue weighted by Crippen LogP contribution is 2.19. The second-order valence-electron chi connectivity index (χ2n) is 6.08. The molecule has 0 saturated heterocycles. The highest BCUT2D eigenvalue weighted by Gasteiger charge is 2.17. The van der Waals surface area contributed by atoms with Crippen LogP contribution in [0.15, 0.2) is 30.3 Å². The van der Waals surface area contributed by atoms with E-state index in [2.05, 4.69) is 24.3 Å². The molecule has 0 saturated carbocycles. The van der Waals surface area contributed by atoms with Gasteiger partial charge in [-0.05, 0) is 43.5 Å². The molecule has 1 aromatic carbocycles. The predicted octanol–water partition coefficient (Wildman–Crippen LogP) is 3.02. The van der Waals surface area contributed by atoms with Gasteiger partial charge in [0, 0.05) is 12.2 Å². The van der Waals surface area contributed by atoms with Crippen LogP contribution >= 0.6 is 0 Å². The van der Waals surface area contributed by atoms with Crippen molar-refractivity contribution in [1.82, 2.24) is 15.1 Å². The molecule has 0 spiro atoms. The minimum atomic E-state index is -0.780. The Bertz CT molecular complexity index is 690. The number of hydrogen-bond donors (Lipinski definition) is 2. The molecular weight excluding hydrogens is 318 g/mol. The number of nitrogens with one attached hydrogen (secondary N) is 1. The number of carbonyl (C=O) groups excluding carboxylic acids is 1. The Hall–Kier alpha value is -2.34. The first kappa shape index (κ1) is 19.0. The van der Waals surface area contributed by atoms with Crippen LogP contribution in [-0.4, -0.2) is 34.4 Å². The van der Waals surface area contributed by atoms with Gasteiger partial charge in [-0.15, -0.1) is 0 Å². The van der Waals surface area contributed by atoms with E-state index in [-0.39, 0.29) is 12.5 Å². The van der Waals surface area contributed by atoms with E-state index in [9.17, 15) is 9.90 Å². The lowest BCUT2D eigenvalue weighted by atomic mass is 10.1. The summed E-state index contributed by atoms with van der Waals surface area (Å²) in [5.74, 6) is 0.447. The molecular formula is C19H27N3O3. The maximum Gasteiger partial charge on any atom is 0.271 e. The van der Waals surface area contributed by atoms with E-state index in [4.69, 9.17) is 4.74 Å². The summed E-state index contributed by atoms with van der Waals surface area (Å²) in [7, 11) is 1.59. The summed E-state index contributed by atoms with van der Waals surface area (Å²) in [6.07, 6.45) is 1.16. The van der Waals surface area contributed by atoms with Gasteiger partial charge in [0.25, 0.3) is 5.91 Å². The molecule has 2 aromatic rings. The van der Waals surface area contributed by atoms with Gasteiger partial charge < -0.3 is 15.2 Å². The van der Waals surface area contributed by atoms with Crippen LogP contribution in [0.4, 0.5) is 0 Å². The molecule has 136 valence electrons. The fourth-order valence-electron chi connectivity index (χ4n) is 2.83. The Morgan fingerprint density at radius 1 is 1.28 bits per heavy atom. The van der Waals surface area contributed by atoms with Crippen LogP contribution in [0.25, 0.3) is 0 Å². The molecule has 1 aromatic heterocycles. The molecule has 6 nitrogen and oxygen atoms in total. The van der Waals surface area contributed by atoms with E-state index in [1.54, 1.807) is 37.4 Å². The van der Waals surface area contributed by atoms with Gasteiger partial charge in [0.15, 0.2) is 0 Å². The number of benzene rings is 1. The average Bonchev–Trinajstić information content (AvgIpc) is 3.02. The summed E-state index contributed by atoms with van der Waals surface area (Å²) >= 11 is 0. The molecule has 2 N–H and O–H groups in total. The maximum atomic E-state index is 12.3. The van der Waals surface area contributed by atoms with Crippen molar-refractivity contribution < 1.29 is 14.6 Å². The number of methoxy groups -OCH3 is 1. The van der Waals surface area contributed by atoms with Crippen LogP contribution in [0.2, 0.25) is 0 Å². The summed E-state index contributed by atoms with van der Waals surface area (Å²) in [5.41, 5.74) is 2.07. The van der Waals surface area contributed by atoms with Crippen LogP contribution in [-0.2, 0) is 0 Å². The summed E-state index contributed by atoms with van der Waals surface area (Å²) in [6, 6.07) is 9.20. The molecule has 6 heteroatoms. The van der Waals surface area contributed by atoms with Crippen molar-refractivity contribution in [1.29, 1.82) is 0 Å². The van der Waals surface area contributed by atoms with Gasteiger partial charge in [-0.25, -0.2) is 0 Å². The maximum absolute atomic E-state index is 12.3. The molecule has 0 bridgehead atoms. The third kappa shape index (κ3) is 4.60. The summed E-state index contributed by atoms with van der Waals surface area (Å²) in [6.45, 7) is 6.30. The molecule has 0 aliphatic rings. The number of nitrogens with zero attached hydrogens (tertiary/aromatic N) is 2. The van der Waals surface area contributed by atoms with Crippen molar-refractivity contribution in [3.05, 3.63) is 47.3 Å². The lowest BCUT2D eigenvalue weighted by Crippen LogP contribution is -2.29. The van der Waals surface area contributed by atoms with Gasteiger partial charge >= 0.3 is 0 Å². The molecule has 1 amide bonds. The van der Waals surface area contributed by atoms with Gasteiger partial charge in [-0.3, -0.25) is 9.48 Å². The van der Waals surface area contributed by atoms with Crippen molar-refractivity contribution in [2.24, 2.45) is 0 Å². The van der Waals surface area contributed by atoms with E-state index in [1.165, 1.54) is 0 Å². The molecule has 1 atom stereocenters. The second-order valence-corrected chi connectivity index (χ2v) is 6.08. The van der Waals surface area contributed by atoms with E-state index in [0.717, 1.165) is 29.8 Å². The fourth-order valence-corrected chi connectivity index (χ4v) is 2.83. The smallest absolute Gasteiger partial charge is 0.271 e. The molecule has 0 fully saturated rings. The highest BCUT2D eigenvalue weighted by molar-refractivity contribution is 5.92. The quantitative estimate of drug-likeness (QED) is 0.771. The Labute approximate surface area is 148 Å². The standard InChI is InChI=1S/C19H27N3O3/c1-5-15(6-2)22-13(3)11-17(21-22)19(24)20-12-18(23)14-7-9-16(25-4)10-8-14/h7-11,15,18,23H,5-6,12H2,1-4H3,(H,20,24). The number of aliphatic hydroxyl groups is 1. The van der Waals surface area contributed by atoms with Crippen molar-refractivity contribution in [3.8, 4) is 5.75 Å². The summed E-state index contributed by atoms with van der Waals surface area (Å²) < 4.78 is 7.01. The zero-order chi connectivity index (χ0) is 18.4. The van der Waals surface area contributed by atoms with E-state index in [1.807, 2.05) is 11.6 Å². The molecule has 25 heavy (non-hydrogen) atoms. The van der Waals surface area contributed by atoms with Crippen LogP contribution in [0.5, 0.6) is 5.75 Å². The van der Waals surface area contributed by atoms with Crippen LogP contribution < -0.4 is 10.1 Å². The SMILES string of the molecule is CCC(CC)n1nc(C(=O)NCC(O)c2ccc(OC)cc2)cc1C. The number of amides is 1. The van der Waals surface area contributed by atoms with Crippen molar-refractivity contribution in [2.75, 3.05) is 13.7 Å². The number of aliphatic hydroxyl groups excluding tert-OH is 1. The van der Waals surface area contributed by atoms with Gasteiger partial charge in [0.2, 0.25) is 0 Å². The van der Waals surface area contributed by atoms with Gasteiger partial charge in [0.05, 0.1) is 19.3 Å². The molecule has 0 radical (unpaired) electrons. The van der Waals surface area contributed by atoms with E-state index < -0.39 is 6.10 Å². The number of rotatable bonds is 8. The van der Waals surface area contributed by atoms with Crippen LogP contribution in [0.1, 0.15) is 60.6 Å². The van der Waals surface area contributed by atoms with Crippen LogP contribution in [0.3, 0.4) is 0 Å². The first-order valence-electron chi connectivity index (χ1n) is 8.66. The lowest BCUT2D eigenvalue weighted by Gasteiger charge is -2.15. The van der Waals surface area contributed by atoms with Gasteiger partial charge in [-0.1, -0.05) is 26.0 Å². The largest absolute Gasteiger partial charge is 0.497 e. The molecule has 0 aliphatic heterocycles. The number of carbonyl (C=O) groups is 1. The monoisotopic (exact) mass is 345 g/mol. The molecule has 2 rings (SSSR count). The first-order valence-corrected chi connectivity index (χ1v) is 8.66. The van der Waals surface area contributed by atoms with Crippen molar-refractivity contribution in [2.45, 2.75) is 45.8 Å². The van der Waals surface area contributed by atoms with Gasteiger partial charge in [0.1, 0.15) is 11.4 Å². The minimum Gasteiger partial charge on any atom is -0.497 e. The Morgan fingerprint density at radius 2 is 1.92 bits per heavy atom. The number of hydrogen-bond acceptors (Lipinski definition) is 4. The Balaban J connectivity index is 1.98. The Kier molecular flexibility index (Phi) is 6.58. The van der Waals surface area contributed by atoms with Crippen molar-refractivity contribution in [3.63, 3.8) is 0 Å². The van der Waals surface area contributed by atoms with Crippen LogP contribution in [0, 0.1) is 6.92 Å². The normalized spacial score (nSPS) is 12.2. The topological polar surface area (TPSA) is 76.4 Å². The van der Waals surface area contributed by atoms with E-state index in [0.29, 0.717) is 11.7 Å². The molecule has 1 heterocycles.